The van der Waals surface area contributed by atoms with E-state index in [1.54, 1.807) is 25.4 Å². The van der Waals surface area contributed by atoms with Gasteiger partial charge < -0.3 is 16.0 Å². The second-order valence-electron chi connectivity index (χ2n) is 5.33. The van der Waals surface area contributed by atoms with Crippen molar-refractivity contribution in [2.45, 2.75) is 26.3 Å². The van der Waals surface area contributed by atoms with Crippen LogP contribution in [-0.4, -0.2) is 23.8 Å². The Morgan fingerprint density at radius 1 is 1.17 bits per heavy atom. The molecule has 0 saturated carbocycles. The van der Waals surface area contributed by atoms with E-state index in [2.05, 4.69) is 20.9 Å². The lowest BCUT2D eigenvalue weighted by Crippen LogP contribution is -2.20. The highest BCUT2D eigenvalue weighted by molar-refractivity contribution is 5.98. The number of hydrogen-bond acceptors (Lipinski definition) is 4. The minimum absolute atomic E-state index is 0.00855. The minimum Gasteiger partial charge on any atom is -0.365 e. The number of nitrogens with zero attached hydrogens (tertiary/aromatic N) is 1. The van der Waals surface area contributed by atoms with Crippen LogP contribution in [0.4, 0.5) is 11.5 Å². The highest BCUT2D eigenvalue weighted by Crippen LogP contribution is 2.15. The minimum atomic E-state index is -0.189. The molecule has 0 unspecified atom stereocenters. The first-order valence-electron chi connectivity index (χ1n) is 7.93. The number of pyridine rings is 1. The van der Waals surface area contributed by atoms with Gasteiger partial charge in [0.05, 0.1) is 5.56 Å². The Balaban J connectivity index is 2.05. The number of nitrogens with one attached hydrogen (secondary N) is 3. The van der Waals surface area contributed by atoms with Gasteiger partial charge in [-0.2, -0.15) is 0 Å². The molecule has 0 aliphatic carbocycles. The van der Waals surface area contributed by atoms with E-state index in [1.807, 2.05) is 31.2 Å². The molecule has 0 aliphatic rings. The van der Waals surface area contributed by atoms with E-state index in [0.29, 0.717) is 24.3 Å². The van der Waals surface area contributed by atoms with Crippen molar-refractivity contribution in [2.24, 2.45) is 0 Å². The molecule has 1 aromatic carbocycles. The van der Waals surface area contributed by atoms with E-state index in [9.17, 15) is 9.59 Å². The Labute approximate surface area is 141 Å². The van der Waals surface area contributed by atoms with Crippen molar-refractivity contribution >= 4 is 23.3 Å². The van der Waals surface area contributed by atoms with Crippen LogP contribution in [0.15, 0.2) is 42.6 Å². The van der Waals surface area contributed by atoms with E-state index < -0.39 is 0 Å². The monoisotopic (exact) mass is 326 g/mol. The molecule has 0 radical (unpaired) electrons. The molecule has 0 fully saturated rings. The number of carbonyl (C=O) groups is 2. The third kappa shape index (κ3) is 4.81. The number of benzene rings is 1. The quantitative estimate of drug-likeness (QED) is 0.730. The summed E-state index contributed by atoms with van der Waals surface area (Å²) in [5, 5.41) is 8.64. The first-order valence-corrected chi connectivity index (χ1v) is 7.93. The molecule has 2 amide bonds. The van der Waals surface area contributed by atoms with Crippen molar-refractivity contribution in [2.75, 3.05) is 17.7 Å². The number of amides is 2. The lowest BCUT2D eigenvalue weighted by Gasteiger charge is -2.11. The zero-order valence-corrected chi connectivity index (χ0v) is 13.9. The molecule has 24 heavy (non-hydrogen) atoms. The van der Waals surface area contributed by atoms with Crippen LogP contribution >= 0.6 is 0 Å². The zero-order chi connectivity index (χ0) is 17.4. The van der Waals surface area contributed by atoms with Crippen molar-refractivity contribution in [3.63, 3.8) is 0 Å². The Kier molecular flexibility index (Phi) is 6.31. The van der Waals surface area contributed by atoms with Gasteiger partial charge in [-0.1, -0.05) is 19.1 Å². The van der Waals surface area contributed by atoms with Gasteiger partial charge in [-0.3, -0.25) is 9.59 Å². The van der Waals surface area contributed by atoms with E-state index in [-0.39, 0.29) is 11.8 Å². The maximum atomic E-state index is 11.8. The first kappa shape index (κ1) is 17.5. The number of carbonyl (C=O) groups excluding carboxylic acids is 2. The molecule has 6 heteroatoms. The van der Waals surface area contributed by atoms with Crippen LogP contribution in [0.25, 0.3) is 0 Å². The Bertz CT molecular complexity index is 716. The van der Waals surface area contributed by atoms with Gasteiger partial charge in [-0.05, 0) is 36.2 Å². The Morgan fingerprint density at radius 2 is 2.00 bits per heavy atom. The van der Waals surface area contributed by atoms with Gasteiger partial charge >= 0.3 is 0 Å². The van der Waals surface area contributed by atoms with Gasteiger partial charge in [-0.25, -0.2) is 4.98 Å². The number of rotatable bonds is 7. The van der Waals surface area contributed by atoms with Crippen LogP contribution in [-0.2, 0) is 11.3 Å². The highest BCUT2D eigenvalue weighted by Gasteiger charge is 2.10. The molecule has 0 atom stereocenters. The fourth-order valence-corrected chi connectivity index (χ4v) is 2.26. The van der Waals surface area contributed by atoms with Gasteiger partial charge in [0.2, 0.25) is 5.91 Å². The third-order valence-electron chi connectivity index (χ3n) is 3.43. The summed E-state index contributed by atoms with van der Waals surface area (Å²) in [6.45, 7) is 2.47. The summed E-state index contributed by atoms with van der Waals surface area (Å²) in [4.78, 5) is 27.7. The lowest BCUT2D eigenvalue weighted by molar-refractivity contribution is -0.116. The summed E-state index contributed by atoms with van der Waals surface area (Å²) in [6.07, 6.45) is 2.96. The molecule has 0 spiro atoms. The second kappa shape index (κ2) is 8.67. The summed E-state index contributed by atoms with van der Waals surface area (Å²) >= 11 is 0. The molecule has 1 aromatic heterocycles. The first-order chi connectivity index (χ1) is 11.6. The van der Waals surface area contributed by atoms with Crippen LogP contribution in [0.1, 0.15) is 35.7 Å². The second-order valence-corrected chi connectivity index (χ2v) is 5.33. The van der Waals surface area contributed by atoms with Crippen molar-refractivity contribution < 1.29 is 9.59 Å². The fraction of sp³-hybridized carbons (Fsp3) is 0.278. The van der Waals surface area contributed by atoms with E-state index in [4.69, 9.17) is 0 Å². The predicted octanol–water partition coefficient (Wildman–Crippen LogP) is 2.79. The predicted molar refractivity (Wildman–Crippen MR) is 94.9 cm³/mol. The Hall–Kier alpha value is -2.89. The van der Waals surface area contributed by atoms with E-state index >= 15 is 0 Å². The van der Waals surface area contributed by atoms with Crippen LogP contribution in [0.5, 0.6) is 0 Å². The van der Waals surface area contributed by atoms with Crippen molar-refractivity contribution in [1.82, 2.24) is 10.3 Å². The van der Waals surface area contributed by atoms with Gasteiger partial charge in [0.25, 0.3) is 5.91 Å². The van der Waals surface area contributed by atoms with Crippen LogP contribution in [0.2, 0.25) is 0 Å². The summed E-state index contributed by atoms with van der Waals surface area (Å²) in [6, 6.07) is 11.0. The maximum absolute atomic E-state index is 11.8. The van der Waals surface area contributed by atoms with Gasteiger partial charge in [-0.15, -0.1) is 0 Å². The van der Waals surface area contributed by atoms with Crippen molar-refractivity contribution in [3.8, 4) is 0 Å². The maximum Gasteiger partial charge on any atom is 0.254 e. The van der Waals surface area contributed by atoms with Crippen LogP contribution in [0, 0.1) is 0 Å². The van der Waals surface area contributed by atoms with Crippen molar-refractivity contribution in [3.05, 3.63) is 53.7 Å². The fourth-order valence-electron chi connectivity index (χ4n) is 2.26. The summed E-state index contributed by atoms with van der Waals surface area (Å²) in [5.74, 6) is 0.345. The van der Waals surface area contributed by atoms with Gasteiger partial charge in [0.1, 0.15) is 5.82 Å². The highest BCUT2D eigenvalue weighted by atomic mass is 16.2. The molecule has 0 saturated heterocycles. The molecule has 126 valence electrons. The van der Waals surface area contributed by atoms with Crippen LogP contribution in [0.3, 0.4) is 0 Å². The molecule has 3 N–H and O–H groups in total. The van der Waals surface area contributed by atoms with Gasteiger partial charge in [0, 0.05) is 31.9 Å². The number of aromatic nitrogens is 1. The third-order valence-corrected chi connectivity index (χ3v) is 3.43. The van der Waals surface area contributed by atoms with Gasteiger partial charge in [0.15, 0.2) is 0 Å². The standard InChI is InChI=1S/C18H22N4O2/c1-3-6-16(23)22-14-8-4-7-13(11-14)12-21-17-15(18(24)19-2)9-5-10-20-17/h4-5,7-11H,3,6,12H2,1-2H3,(H,19,24)(H,20,21)(H,22,23). The Morgan fingerprint density at radius 3 is 2.75 bits per heavy atom. The molecule has 1 heterocycles. The SMILES string of the molecule is CCCC(=O)Nc1cccc(CNc2ncccc2C(=O)NC)c1. The topological polar surface area (TPSA) is 83.1 Å². The molecule has 0 bridgehead atoms. The number of hydrogen-bond donors (Lipinski definition) is 3. The normalized spacial score (nSPS) is 10.1. The average molecular weight is 326 g/mol. The molecular weight excluding hydrogens is 304 g/mol. The molecule has 0 aliphatic heterocycles. The molecule has 2 aromatic rings. The molecular formula is C18H22N4O2. The zero-order valence-electron chi connectivity index (χ0n) is 13.9. The largest absolute Gasteiger partial charge is 0.365 e. The molecule has 2 rings (SSSR count). The van der Waals surface area contributed by atoms with Crippen LogP contribution < -0.4 is 16.0 Å². The smallest absolute Gasteiger partial charge is 0.254 e. The van der Waals surface area contributed by atoms with E-state index in [1.165, 1.54) is 0 Å². The van der Waals surface area contributed by atoms with E-state index in [0.717, 1.165) is 17.7 Å². The van der Waals surface area contributed by atoms with Crippen molar-refractivity contribution in [1.29, 1.82) is 0 Å². The summed E-state index contributed by atoms with van der Waals surface area (Å²) < 4.78 is 0. The summed E-state index contributed by atoms with van der Waals surface area (Å²) in [7, 11) is 1.58. The number of anilines is 2. The lowest BCUT2D eigenvalue weighted by atomic mass is 10.2. The average Bonchev–Trinajstić information content (AvgIpc) is 2.60. The summed E-state index contributed by atoms with van der Waals surface area (Å²) in [5.41, 5.74) is 2.24. The molecule has 6 nitrogen and oxygen atoms in total.